The van der Waals surface area contributed by atoms with Crippen LogP contribution < -0.4 is 0 Å². The third-order valence-electron chi connectivity index (χ3n) is 2.65. The van der Waals surface area contributed by atoms with E-state index in [0.717, 1.165) is 24.1 Å². The van der Waals surface area contributed by atoms with Crippen LogP contribution in [0.2, 0.25) is 0 Å². The number of thioether (sulfide) groups is 1. The fourth-order valence-corrected chi connectivity index (χ4v) is 3.82. The number of hydrogen-bond acceptors (Lipinski definition) is 5. The molecule has 0 aliphatic carbocycles. The van der Waals surface area contributed by atoms with E-state index in [9.17, 15) is 4.79 Å². The van der Waals surface area contributed by atoms with Gasteiger partial charge in [0.2, 0.25) is 0 Å². The molecule has 1 saturated heterocycles. The van der Waals surface area contributed by atoms with Crippen LogP contribution in [0.3, 0.4) is 0 Å². The highest BCUT2D eigenvalue weighted by atomic mass is 32.2. The summed E-state index contributed by atoms with van der Waals surface area (Å²) in [4.78, 5) is 10.5. The van der Waals surface area contributed by atoms with Crippen molar-refractivity contribution in [1.29, 1.82) is 0 Å². The van der Waals surface area contributed by atoms with E-state index in [1.165, 1.54) is 22.8 Å². The van der Waals surface area contributed by atoms with Gasteiger partial charge in [0, 0.05) is 5.41 Å². The Balaban J connectivity index is 2.23. The molecule has 0 amide bonds. The lowest BCUT2D eigenvalue weighted by Crippen LogP contribution is -2.27. The monoisotopic (exact) mass is 228 g/mol. The maximum Gasteiger partial charge on any atom is 0.180 e. The Morgan fingerprint density at radius 1 is 1.36 bits per heavy atom. The lowest BCUT2D eigenvalue weighted by atomic mass is 9.85. The van der Waals surface area contributed by atoms with Crippen molar-refractivity contribution in [2.75, 3.05) is 11.5 Å². The second kappa shape index (κ2) is 3.98. The zero-order valence-corrected chi connectivity index (χ0v) is 9.66. The van der Waals surface area contributed by atoms with Crippen LogP contribution in [0.25, 0.3) is 0 Å². The van der Waals surface area contributed by atoms with E-state index in [1.807, 2.05) is 11.8 Å². The van der Waals surface area contributed by atoms with Gasteiger partial charge in [-0.15, -0.1) is 10.2 Å². The van der Waals surface area contributed by atoms with Crippen molar-refractivity contribution >= 4 is 29.4 Å². The van der Waals surface area contributed by atoms with E-state index < -0.39 is 0 Å². The van der Waals surface area contributed by atoms with Crippen molar-refractivity contribution in [2.45, 2.75) is 25.2 Å². The van der Waals surface area contributed by atoms with Gasteiger partial charge in [-0.2, -0.15) is 11.8 Å². The molecular weight excluding hydrogens is 216 g/mol. The Labute approximate surface area is 91.3 Å². The van der Waals surface area contributed by atoms with Crippen molar-refractivity contribution < 1.29 is 4.79 Å². The molecule has 1 aliphatic heterocycles. The van der Waals surface area contributed by atoms with E-state index in [-0.39, 0.29) is 5.41 Å². The summed E-state index contributed by atoms with van der Waals surface area (Å²) < 4.78 is 0. The first-order valence-electron chi connectivity index (χ1n) is 4.61. The van der Waals surface area contributed by atoms with Gasteiger partial charge in [0.15, 0.2) is 11.3 Å². The molecule has 1 fully saturated rings. The van der Waals surface area contributed by atoms with Crippen LogP contribution in [-0.2, 0) is 5.41 Å². The van der Waals surface area contributed by atoms with Crippen LogP contribution in [0.4, 0.5) is 0 Å². The number of carbonyl (C=O) groups is 1. The van der Waals surface area contributed by atoms with Crippen LogP contribution in [0.15, 0.2) is 0 Å². The minimum Gasteiger partial charge on any atom is -0.295 e. The average Bonchev–Trinajstić information content (AvgIpc) is 2.67. The highest BCUT2D eigenvalue weighted by Crippen LogP contribution is 2.38. The molecule has 0 spiro atoms. The molecule has 5 heteroatoms. The second-order valence-corrected chi connectivity index (χ2v) is 5.97. The molecule has 1 aromatic heterocycles. The highest BCUT2D eigenvalue weighted by molar-refractivity contribution is 7.99. The van der Waals surface area contributed by atoms with Gasteiger partial charge in [0.1, 0.15) is 5.01 Å². The third-order valence-corrected chi connectivity index (χ3v) is 4.79. The summed E-state index contributed by atoms with van der Waals surface area (Å²) in [6, 6.07) is 0. The van der Waals surface area contributed by atoms with Gasteiger partial charge >= 0.3 is 0 Å². The van der Waals surface area contributed by atoms with Gasteiger partial charge in [0.25, 0.3) is 0 Å². The Hall–Kier alpha value is -0.420. The molecule has 1 aromatic rings. The van der Waals surface area contributed by atoms with E-state index in [0.29, 0.717) is 5.01 Å². The zero-order chi connectivity index (χ0) is 10.0. The van der Waals surface area contributed by atoms with Crippen LogP contribution in [0, 0.1) is 0 Å². The molecule has 0 saturated carbocycles. The topological polar surface area (TPSA) is 42.9 Å². The molecule has 1 aliphatic rings. The minimum atomic E-state index is 0.157. The molecular formula is C9H12N2OS2. The van der Waals surface area contributed by atoms with E-state index in [2.05, 4.69) is 17.1 Å². The Kier molecular flexibility index (Phi) is 2.88. The quantitative estimate of drug-likeness (QED) is 0.727. The van der Waals surface area contributed by atoms with Crippen LogP contribution in [-0.4, -0.2) is 28.0 Å². The standard InChI is InChI=1S/C9H12N2OS2/c1-9(2-4-13-5-3-9)8-11-10-7(6-12)14-8/h6H,2-5H2,1H3. The molecule has 0 unspecified atom stereocenters. The fourth-order valence-electron chi connectivity index (χ4n) is 1.56. The summed E-state index contributed by atoms with van der Waals surface area (Å²) in [6.07, 6.45) is 3.07. The van der Waals surface area contributed by atoms with E-state index in [1.54, 1.807) is 0 Å². The number of nitrogens with zero attached hydrogens (tertiary/aromatic N) is 2. The summed E-state index contributed by atoms with van der Waals surface area (Å²) in [5.41, 5.74) is 0.157. The molecule has 0 bridgehead atoms. The Bertz CT molecular complexity index is 331. The molecule has 3 nitrogen and oxygen atoms in total. The summed E-state index contributed by atoms with van der Waals surface area (Å²) in [5.74, 6) is 2.37. The lowest BCUT2D eigenvalue weighted by molar-refractivity contribution is 0.112. The van der Waals surface area contributed by atoms with Crippen LogP contribution in [0.5, 0.6) is 0 Å². The minimum absolute atomic E-state index is 0.157. The maximum atomic E-state index is 10.5. The number of hydrogen-bond donors (Lipinski definition) is 0. The number of carbonyl (C=O) groups excluding carboxylic acids is 1. The van der Waals surface area contributed by atoms with Gasteiger partial charge in [-0.25, -0.2) is 0 Å². The average molecular weight is 228 g/mol. The maximum absolute atomic E-state index is 10.5. The molecule has 2 rings (SSSR count). The van der Waals surface area contributed by atoms with Crippen molar-refractivity contribution in [3.05, 3.63) is 10.0 Å². The molecule has 0 atom stereocenters. The van der Waals surface area contributed by atoms with Crippen LogP contribution in [0.1, 0.15) is 34.6 Å². The molecule has 0 aromatic carbocycles. The van der Waals surface area contributed by atoms with Gasteiger partial charge in [-0.3, -0.25) is 4.79 Å². The fraction of sp³-hybridized carbons (Fsp3) is 0.667. The van der Waals surface area contributed by atoms with Crippen molar-refractivity contribution in [3.8, 4) is 0 Å². The second-order valence-electron chi connectivity index (χ2n) is 3.74. The predicted octanol–water partition coefficient (Wildman–Crippen LogP) is 2.14. The van der Waals surface area contributed by atoms with Crippen molar-refractivity contribution in [1.82, 2.24) is 10.2 Å². The highest BCUT2D eigenvalue weighted by Gasteiger charge is 2.32. The molecule has 0 N–H and O–H groups in total. The normalized spacial score (nSPS) is 20.6. The predicted molar refractivity (Wildman–Crippen MR) is 59.2 cm³/mol. The Morgan fingerprint density at radius 2 is 2.07 bits per heavy atom. The smallest absolute Gasteiger partial charge is 0.180 e. The zero-order valence-electron chi connectivity index (χ0n) is 8.02. The van der Waals surface area contributed by atoms with Crippen molar-refractivity contribution in [3.63, 3.8) is 0 Å². The SMILES string of the molecule is CC1(c2nnc(C=O)s2)CCSCC1. The van der Waals surface area contributed by atoms with Crippen LogP contribution >= 0.6 is 23.1 Å². The lowest BCUT2D eigenvalue weighted by Gasteiger charge is -2.30. The first-order chi connectivity index (χ1) is 6.74. The number of rotatable bonds is 2. The van der Waals surface area contributed by atoms with Gasteiger partial charge in [0.05, 0.1) is 0 Å². The van der Waals surface area contributed by atoms with Gasteiger partial charge < -0.3 is 0 Å². The molecule has 14 heavy (non-hydrogen) atoms. The number of aromatic nitrogens is 2. The summed E-state index contributed by atoms with van der Waals surface area (Å²) in [6.45, 7) is 2.22. The molecule has 76 valence electrons. The third kappa shape index (κ3) is 1.83. The summed E-state index contributed by atoms with van der Waals surface area (Å²) in [7, 11) is 0. The first kappa shape index (κ1) is 10.1. The van der Waals surface area contributed by atoms with Crippen molar-refractivity contribution in [2.24, 2.45) is 0 Å². The van der Waals surface area contributed by atoms with Gasteiger partial charge in [-0.05, 0) is 24.3 Å². The molecule has 0 radical (unpaired) electrons. The van der Waals surface area contributed by atoms with Gasteiger partial charge in [-0.1, -0.05) is 18.3 Å². The first-order valence-corrected chi connectivity index (χ1v) is 6.59. The Morgan fingerprint density at radius 3 is 2.64 bits per heavy atom. The summed E-state index contributed by atoms with van der Waals surface area (Å²) in [5, 5.41) is 9.49. The molecule has 2 heterocycles. The summed E-state index contributed by atoms with van der Waals surface area (Å²) >= 11 is 3.43. The van der Waals surface area contributed by atoms with E-state index >= 15 is 0 Å². The largest absolute Gasteiger partial charge is 0.295 e. The van der Waals surface area contributed by atoms with E-state index in [4.69, 9.17) is 0 Å². The number of aldehydes is 1.